The first-order chi connectivity index (χ1) is 5.74. The Kier molecular flexibility index (Phi) is 2.94. The first-order valence-corrected chi connectivity index (χ1v) is 3.89. The average molecular weight is 167 g/mol. The topological polar surface area (TPSA) is 55.5 Å². The van der Waals surface area contributed by atoms with Crippen molar-refractivity contribution in [2.45, 2.75) is 13.5 Å². The van der Waals surface area contributed by atoms with Crippen molar-refractivity contribution in [2.75, 3.05) is 12.3 Å². The molecule has 66 valence electrons. The molecule has 0 saturated carbocycles. The monoisotopic (exact) mass is 167 g/mol. The van der Waals surface area contributed by atoms with E-state index in [1.54, 1.807) is 18.2 Å². The zero-order valence-electron chi connectivity index (χ0n) is 7.08. The molecule has 0 fully saturated rings. The highest BCUT2D eigenvalue weighted by Crippen LogP contribution is 2.20. The van der Waals surface area contributed by atoms with Crippen LogP contribution in [0.1, 0.15) is 12.5 Å². The number of phenolic OH excluding ortho intramolecular Hbond substituents is 1. The third-order valence-corrected chi connectivity index (χ3v) is 1.56. The quantitative estimate of drug-likeness (QED) is 0.530. The number of aromatic hydroxyl groups is 1. The van der Waals surface area contributed by atoms with Crippen LogP contribution in [0, 0.1) is 0 Å². The van der Waals surface area contributed by atoms with E-state index < -0.39 is 0 Å². The van der Waals surface area contributed by atoms with Crippen molar-refractivity contribution in [1.82, 2.24) is 0 Å². The highest BCUT2D eigenvalue weighted by atomic mass is 16.5. The van der Waals surface area contributed by atoms with E-state index >= 15 is 0 Å². The van der Waals surface area contributed by atoms with Crippen LogP contribution < -0.4 is 5.73 Å². The van der Waals surface area contributed by atoms with Crippen molar-refractivity contribution in [3.05, 3.63) is 23.8 Å². The Morgan fingerprint density at radius 2 is 2.25 bits per heavy atom. The second-order valence-electron chi connectivity index (χ2n) is 2.53. The molecule has 0 spiro atoms. The lowest BCUT2D eigenvalue weighted by Gasteiger charge is -2.03. The molecule has 0 atom stereocenters. The van der Waals surface area contributed by atoms with Gasteiger partial charge in [-0.05, 0) is 24.6 Å². The summed E-state index contributed by atoms with van der Waals surface area (Å²) in [4.78, 5) is 0. The van der Waals surface area contributed by atoms with Crippen LogP contribution in [-0.2, 0) is 11.3 Å². The molecular weight excluding hydrogens is 154 g/mol. The molecule has 3 heteroatoms. The smallest absolute Gasteiger partial charge is 0.138 e. The van der Waals surface area contributed by atoms with Crippen LogP contribution in [0.5, 0.6) is 5.75 Å². The van der Waals surface area contributed by atoms with Gasteiger partial charge in [-0.15, -0.1) is 0 Å². The van der Waals surface area contributed by atoms with Gasteiger partial charge in [0.1, 0.15) is 5.75 Å². The van der Waals surface area contributed by atoms with Crippen LogP contribution in [0.3, 0.4) is 0 Å². The molecule has 0 heterocycles. The van der Waals surface area contributed by atoms with E-state index in [1.165, 1.54) is 0 Å². The van der Waals surface area contributed by atoms with Gasteiger partial charge in [-0.25, -0.2) is 0 Å². The maximum Gasteiger partial charge on any atom is 0.138 e. The first-order valence-electron chi connectivity index (χ1n) is 3.89. The van der Waals surface area contributed by atoms with E-state index in [0.717, 1.165) is 5.56 Å². The fourth-order valence-electron chi connectivity index (χ4n) is 0.914. The highest BCUT2D eigenvalue weighted by Gasteiger charge is 1.97. The molecule has 3 nitrogen and oxygen atoms in total. The number of anilines is 1. The molecule has 1 rings (SSSR count). The Morgan fingerprint density at radius 3 is 2.83 bits per heavy atom. The average Bonchev–Trinajstić information content (AvgIpc) is 2.07. The van der Waals surface area contributed by atoms with E-state index in [4.69, 9.17) is 15.6 Å². The molecule has 1 aromatic rings. The SMILES string of the molecule is CCOCc1ccc(O)c(N)c1. The molecule has 0 aliphatic heterocycles. The van der Waals surface area contributed by atoms with Crippen molar-refractivity contribution < 1.29 is 9.84 Å². The third-order valence-electron chi connectivity index (χ3n) is 1.56. The number of hydrogen-bond donors (Lipinski definition) is 2. The number of ether oxygens (including phenoxy) is 1. The minimum absolute atomic E-state index is 0.121. The Morgan fingerprint density at radius 1 is 1.50 bits per heavy atom. The molecule has 0 amide bonds. The largest absolute Gasteiger partial charge is 0.506 e. The number of nitrogens with two attached hydrogens (primary N) is 1. The molecular formula is C9H13NO2. The Hall–Kier alpha value is -1.22. The van der Waals surface area contributed by atoms with Crippen molar-refractivity contribution in [3.63, 3.8) is 0 Å². The Bertz CT molecular complexity index is 261. The van der Waals surface area contributed by atoms with Crippen LogP contribution in [0.2, 0.25) is 0 Å². The molecule has 12 heavy (non-hydrogen) atoms. The van der Waals surface area contributed by atoms with Gasteiger partial charge in [-0.3, -0.25) is 0 Å². The number of benzene rings is 1. The lowest BCUT2D eigenvalue weighted by molar-refractivity contribution is 0.134. The van der Waals surface area contributed by atoms with Gasteiger partial charge in [0.15, 0.2) is 0 Å². The highest BCUT2D eigenvalue weighted by molar-refractivity contribution is 5.53. The van der Waals surface area contributed by atoms with E-state index in [2.05, 4.69) is 0 Å². The molecule has 1 aromatic carbocycles. The zero-order valence-corrected chi connectivity index (χ0v) is 7.08. The summed E-state index contributed by atoms with van der Waals surface area (Å²) in [5, 5.41) is 9.10. The van der Waals surface area contributed by atoms with Gasteiger partial charge >= 0.3 is 0 Å². The second kappa shape index (κ2) is 3.97. The fraction of sp³-hybridized carbons (Fsp3) is 0.333. The molecule has 0 saturated heterocycles. The summed E-state index contributed by atoms with van der Waals surface area (Å²) in [5.41, 5.74) is 6.86. The van der Waals surface area contributed by atoms with Crippen LogP contribution in [-0.4, -0.2) is 11.7 Å². The lowest BCUT2D eigenvalue weighted by atomic mass is 10.2. The van der Waals surface area contributed by atoms with Gasteiger partial charge < -0.3 is 15.6 Å². The van der Waals surface area contributed by atoms with Crippen LogP contribution >= 0.6 is 0 Å². The van der Waals surface area contributed by atoms with Crippen molar-refractivity contribution in [1.29, 1.82) is 0 Å². The molecule has 0 aliphatic rings. The summed E-state index contributed by atoms with van der Waals surface area (Å²) in [5.74, 6) is 0.121. The molecule has 0 aliphatic carbocycles. The number of hydrogen-bond acceptors (Lipinski definition) is 3. The van der Waals surface area contributed by atoms with Gasteiger partial charge in [-0.1, -0.05) is 6.07 Å². The van der Waals surface area contributed by atoms with Gasteiger partial charge in [0.25, 0.3) is 0 Å². The lowest BCUT2D eigenvalue weighted by Crippen LogP contribution is -1.93. The van der Waals surface area contributed by atoms with Crippen LogP contribution in [0.4, 0.5) is 5.69 Å². The van der Waals surface area contributed by atoms with Gasteiger partial charge in [-0.2, -0.15) is 0 Å². The summed E-state index contributed by atoms with van der Waals surface area (Å²) in [6.45, 7) is 3.16. The third kappa shape index (κ3) is 2.13. The first kappa shape index (κ1) is 8.87. The van der Waals surface area contributed by atoms with E-state index in [-0.39, 0.29) is 5.75 Å². The van der Waals surface area contributed by atoms with Gasteiger partial charge in [0, 0.05) is 6.61 Å². The standard InChI is InChI=1S/C9H13NO2/c1-2-12-6-7-3-4-9(11)8(10)5-7/h3-5,11H,2,6,10H2,1H3. The summed E-state index contributed by atoms with van der Waals surface area (Å²) >= 11 is 0. The van der Waals surface area contributed by atoms with Crippen molar-refractivity contribution in [3.8, 4) is 5.75 Å². The molecule has 0 aromatic heterocycles. The molecule has 3 N–H and O–H groups in total. The zero-order chi connectivity index (χ0) is 8.97. The molecule has 0 radical (unpaired) electrons. The van der Waals surface area contributed by atoms with Gasteiger partial charge in [0.05, 0.1) is 12.3 Å². The minimum Gasteiger partial charge on any atom is -0.506 e. The molecule has 0 bridgehead atoms. The number of rotatable bonds is 3. The summed E-state index contributed by atoms with van der Waals surface area (Å²) in [6, 6.07) is 5.08. The van der Waals surface area contributed by atoms with Crippen LogP contribution in [0.25, 0.3) is 0 Å². The fourth-order valence-corrected chi connectivity index (χ4v) is 0.914. The maximum atomic E-state index is 9.10. The predicted octanol–water partition coefficient (Wildman–Crippen LogP) is 1.51. The Balaban J connectivity index is 2.69. The predicted molar refractivity (Wildman–Crippen MR) is 47.8 cm³/mol. The van der Waals surface area contributed by atoms with Crippen molar-refractivity contribution in [2.24, 2.45) is 0 Å². The summed E-state index contributed by atoms with van der Waals surface area (Å²) in [6.07, 6.45) is 0. The van der Waals surface area contributed by atoms with E-state index in [1.807, 2.05) is 6.92 Å². The maximum absolute atomic E-state index is 9.10. The minimum atomic E-state index is 0.121. The Labute approximate surface area is 71.8 Å². The second-order valence-corrected chi connectivity index (χ2v) is 2.53. The van der Waals surface area contributed by atoms with Crippen molar-refractivity contribution >= 4 is 5.69 Å². The number of phenols is 1. The number of nitrogen functional groups attached to an aromatic ring is 1. The summed E-state index contributed by atoms with van der Waals surface area (Å²) < 4.78 is 5.18. The van der Waals surface area contributed by atoms with Gasteiger partial charge in [0.2, 0.25) is 0 Å². The van der Waals surface area contributed by atoms with Crippen LogP contribution in [0.15, 0.2) is 18.2 Å². The molecule has 0 unspecified atom stereocenters. The van der Waals surface area contributed by atoms with E-state index in [0.29, 0.717) is 18.9 Å². The normalized spacial score (nSPS) is 10.1. The van der Waals surface area contributed by atoms with E-state index in [9.17, 15) is 0 Å². The summed E-state index contributed by atoms with van der Waals surface area (Å²) in [7, 11) is 0.